The van der Waals surface area contributed by atoms with Gasteiger partial charge in [0.2, 0.25) is 11.8 Å². The number of imide groups is 1. The molecular weight excluding hydrogens is 320 g/mol. The van der Waals surface area contributed by atoms with Crippen LogP contribution in [0.2, 0.25) is 0 Å². The van der Waals surface area contributed by atoms with E-state index in [4.69, 9.17) is 0 Å². The smallest absolute Gasteiger partial charge is 0.324 e. The van der Waals surface area contributed by atoms with Gasteiger partial charge < -0.3 is 16.0 Å². The number of anilines is 1. The molecule has 1 unspecified atom stereocenters. The molecule has 1 atom stereocenters. The van der Waals surface area contributed by atoms with Crippen molar-refractivity contribution < 1.29 is 14.4 Å². The molecule has 0 aromatic heterocycles. The Bertz CT molecular complexity index is 578. The van der Waals surface area contributed by atoms with Gasteiger partial charge in [0.1, 0.15) is 0 Å². The SMILES string of the molecule is CNCC(C)C(=O)Nc1cccc(CN2C(=O)CNC2=O)c1.Cl. The molecule has 1 aromatic rings. The summed E-state index contributed by atoms with van der Waals surface area (Å²) < 4.78 is 0. The van der Waals surface area contributed by atoms with Gasteiger partial charge in [-0.15, -0.1) is 12.4 Å². The summed E-state index contributed by atoms with van der Waals surface area (Å²) in [5, 5.41) is 8.26. The van der Waals surface area contributed by atoms with E-state index in [1.807, 2.05) is 13.0 Å². The van der Waals surface area contributed by atoms with Crippen molar-refractivity contribution in [2.45, 2.75) is 13.5 Å². The number of amides is 4. The lowest BCUT2D eigenvalue weighted by Crippen LogP contribution is -2.30. The van der Waals surface area contributed by atoms with Crippen LogP contribution in [-0.4, -0.2) is 42.9 Å². The number of nitrogens with one attached hydrogen (secondary N) is 3. The molecule has 126 valence electrons. The molecule has 23 heavy (non-hydrogen) atoms. The number of benzene rings is 1. The van der Waals surface area contributed by atoms with Crippen LogP contribution in [0.5, 0.6) is 0 Å². The number of carbonyl (C=O) groups excluding carboxylic acids is 3. The van der Waals surface area contributed by atoms with Crippen molar-refractivity contribution in [1.82, 2.24) is 15.5 Å². The molecular formula is C15H21ClN4O3. The van der Waals surface area contributed by atoms with Crippen LogP contribution in [0.1, 0.15) is 12.5 Å². The fraction of sp³-hybridized carbons (Fsp3) is 0.400. The summed E-state index contributed by atoms with van der Waals surface area (Å²) in [4.78, 5) is 36.2. The molecule has 0 bridgehead atoms. The maximum absolute atomic E-state index is 12.0. The van der Waals surface area contributed by atoms with Crippen molar-refractivity contribution in [3.8, 4) is 0 Å². The van der Waals surface area contributed by atoms with Gasteiger partial charge in [0.15, 0.2) is 0 Å². The number of carbonyl (C=O) groups is 3. The van der Waals surface area contributed by atoms with Crippen molar-refractivity contribution in [1.29, 1.82) is 0 Å². The summed E-state index contributed by atoms with van der Waals surface area (Å²) in [7, 11) is 1.79. The number of urea groups is 1. The van der Waals surface area contributed by atoms with Crippen molar-refractivity contribution in [2.24, 2.45) is 5.92 Å². The topological polar surface area (TPSA) is 90.5 Å². The quantitative estimate of drug-likeness (QED) is 0.673. The molecule has 1 aliphatic heterocycles. The Morgan fingerprint density at radius 1 is 1.39 bits per heavy atom. The molecule has 3 N–H and O–H groups in total. The minimum Gasteiger partial charge on any atom is -0.329 e. The Kier molecular flexibility index (Phi) is 6.99. The molecule has 8 heteroatoms. The summed E-state index contributed by atoms with van der Waals surface area (Å²) in [5.74, 6) is -0.483. The molecule has 1 aliphatic rings. The van der Waals surface area contributed by atoms with Gasteiger partial charge in [-0.3, -0.25) is 14.5 Å². The third-order valence-corrected chi connectivity index (χ3v) is 3.43. The summed E-state index contributed by atoms with van der Waals surface area (Å²) in [6, 6.07) is 6.75. The normalized spacial score (nSPS) is 15.0. The monoisotopic (exact) mass is 340 g/mol. The van der Waals surface area contributed by atoms with Crippen molar-refractivity contribution in [3.63, 3.8) is 0 Å². The summed E-state index contributed by atoms with van der Waals surface area (Å²) in [6.07, 6.45) is 0. The predicted octanol–water partition coefficient (Wildman–Crippen LogP) is 0.954. The van der Waals surface area contributed by atoms with Gasteiger partial charge in [0.05, 0.1) is 13.1 Å². The minimum absolute atomic E-state index is 0. The van der Waals surface area contributed by atoms with Gasteiger partial charge in [0.25, 0.3) is 0 Å². The highest BCUT2D eigenvalue weighted by Gasteiger charge is 2.28. The van der Waals surface area contributed by atoms with Crippen LogP contribution in [0.15, 0.2) is 24.3 Å². The zero-order valence-corrected chi connectivity index (χ0v) is 13.9. The Morgan fingerprint density at radius 2 is 2.13 bits per heavy atom. The van der Waals surface area contributed by atoms with Crippen LogP contribution in [-0.2, 0) is 16.1 Å². The van der Waals surface area contributed by atoms with E-state index in [1.54, 1.807) is 25.2 Å². The van der Waals surface area contributed by atoms with Crippen LogP contribution in [0.4, 0.5) is 10.5 Å². The second kappa shape index (κ2) is 8.50. The average Bonchev–Trinajstić information content (AvgIpc) is 2.80. The van der Waals surface area contributed by atoms with E-state index in [0.717, 1.165) is 10.5 Å². The Labute approximate surface area is 141 Å². The first-order valence-corrected chi connectivity index (χ1v) is 7.14. The first-order valence-electron chi connectivity index (χ1n) is 7.14. The second-order valence-electron chi connectivity index (χ2n) is 5.29. The number of hydrogen-bond donors (Lipinski definition) is 3. The van der Waals surface area contributed by atoms with E-state index in [0.29, 0.717) is 12.2 Å². The van der Waals surface area contributed by atoms with E-state index < -0.39 is 0 Å². The fourth-order valence-corrected chi connectivity index (χ4v) is 2.21. The maximum atomic E-state index is 12.0. The number of halogens is 1. The fourth-order valence-electron chi connectivity index (χ4n) is 2.21. The van der Waals surface area contributed by atoms with E-state index in [1.165, 1.54) is 0 Å². The molecule has 1 aromatic carbocycles. The summed E-state index contributed by atoms with van der Waals surface area (Å²) in [5.41, 5.74) is 1.43. The van der Waals surface area contributed by atoms with Gasteiger partial charge in [-0.05, 0) is 24.7 Å². The van der Waals surface area contributed by atoms with E-state index in [9.17, 15) is 14.4 Å². The molecule has 7 nitrogen and oxygen atoms in total. The maximum Gasteiger partial charge on any atom is 0.324 e. The molecule has 0 spiro atoms. The highest BCUT2D eigenvalue weighted by Crippen LogP contribution is 2.15. The van der Waals surface area contributed by atoms with Crippen molar-refractivity contribution in [2.75, 3.05) is 25.5 Å². The lowest BCUT2D eigenvalue weighted by molar-refractivity contribution is -0.125. The third-order valence-electron chi connectivity index (χ3n) is 3.43. The van der Waals surface area contributed by atoms with Gasteiger partial charge in [-0.2, -0.15) is 0 Å². The average molecular weight is 341 g/mol. The van der Waals surface area contributed by atoms with Crippen LogP contribution in [0.25, 0.3) is 0 Å². The number of hydrogen-bond acceptors (Lipinski definition) is 4. The first-order chi connectivity index (χ1) is 10.5. The van der Waals surface area contributed by atoms with Crippen LogP contribution >= 0.6 is 12.4 Å². The standard InChI is InChI=1S/C15H20N4O3.ClH/c1-10(7-16-2)14(21)18-12-5-3-4-11(6-12)9-19-13(20)8-17-15(19)22;/h3-6,10,16H,7-9H2,1-2H3,(H,17,22)(H,18,21);1H. The van der Waals surface area contributed by atoms with E-state index in [2.05, 4.69) is 16.0 Å². The molecule has 0 saturated carbocycles. The Morgan fingerprint density at radius 3 is 2.74 bits per heavy atom. The number of nitrogens with zero attached hydrogens (tertiary/aromatic N) is 1. The Balaban J connectivity index is 0.00000264. The highest BCUT2D eigenvalue weighted by atomic mass is 35.5. The zero-order valence-electron chi connectivity index (χ0n) is 13.1. The molecule has 1 saturated heterocycles. The number of rotatable bonds is 6. The molecule has 1 fully saturated rings. The molecule has 4 amide bonds. The second-order valence-corrected chi connectivity index (χ2v) is 5.29. The highest BCUT2D eigenvalue weighted by molar-refractivity contribution is 6.01. The van der Waals surface area contributed by atoms with Crippen molar-refractivity contribution in [3.05, 3.63) is 29.8 Å². The van der Waals surface area contributed by atoms with Crippen LogP contribution in [0, 0.1) is 5.92 Å². The van der Waals surface area contributed by atoms with Gasteiger partial charge >= 0.3 is 6.03 Å². The van der Waals surface area contributed by atoms with Gasteiger partial charge in [0, 0.05) is 18.2 Å². The van der Waals surface area contributed by atoms with Crippen LogP contribution in [0.3, 0.4) is 0 Å². The summed E-state index contributed by atoms with van der Waals surface area (Å²) in [6.45, 7) is 2.66. The summed E-state index contributed by atoms with van der Waals surface area (Å²) >= 11 is 0. The molecule has 2 rings (SSSR count). The zero-order chi connectivity index (χ0) is 16.1. The van der Waals surface area contributed by atoms with Crippen molar-refractivity contribution >= 4 is 35.9 Å². The van der Waals surface area contributed by atoms with Gasteiger partial charge in [-0.25, -0.2) is 4.79 Å². The Hall–Kier alpha value is -2.12. The molecule has 0 radical (unpaired) electrons. The van der Waals surface area contributed by atoms with Crippen LogP contribution < -0.4 is 16.0 Å². The predicted molar refractivity (Wildman–Crippen MR) is 89.4 cm³/mol. The molecule has 1 heterocycles. The molecule has 0 aliphatic carbocycles. The van der Waals surface area contributed by atoms with E-state index in [-0.39, 0.29) is 49.3 Å². The first kappa shape index (κ1) is 18.9. The van der Waals surface area contributed by atoms with Gasteiger partial charge in [-0.1, -0.05) is 19.1 Å². The lowest BCUT2D eigenvalue weighted by atomic mass is 10.1. The lowest BCUT2D eigenvalue weighted by Gasteiger charge is -2.15. The minimum atomic E-state index is -0.387. The van der Waals surface area contributed by atoms with E-state index >= 15 is 0 Å². The largest absolute Gasteiger partial charge is 0.329 e. The third kappa shape index (κ3) is 4.94.